The van der Waals surface area contributed by atoms with Crippen LogP contribution in [-0.4, -0.2) is 15.7 Å². The quantitative estimate of drug-likeness (QED) is 0.816. The summed E-state index contributed by atoms with van der Waals surface area (Å²) >= 11 is 11.9. The van der Waals surface area contributed by atoms with Gasteiger partial charge in [0.15, 0.2) is 0 Å². The van der Waals surface area contributed by atoms with Gasteiger partial charge in [0.2, 0.25) is 0 Å². The van der Waals surface area contributed by atoms with Gasteiger partial charge in [0, 0.05) is 12.1 Å². The van der Waals surface area contributed by atoms with Crippen molar-refractivity contribution in [3.05, 3.63) is 51.3 Å². The SMILES string of the molecule is Cc1nn(C)c(Cl)c1C(=O)OCc1cccc(Cl)c1. The second kappa shape index (κ2) is 5.63. The predicted molar refractivity (Wildman–Crippen MR) is 73.5 cm³/mol. The summed E-state index contributed by atoms with van der Waals surface area (Å²) < 4.78 is 6.65. The van der Waals surface area contributed by atoms with Gasteiger partial charge >= 0.3 is 5.97 Å². The third-order valence-corrected chi connectivity index (χ3v) is 3.28. The summed E-state index contributed by atoms with van der Waals surface area (Å²) in [7, 11) is 1.67. The van der Waals surface area contributed by atoms with Crippen LogP contribution >= 0.6 is 23.2 Å². The highest BCUT2D eigenvalue weighted by molar-refractivity contribution is 6.32. The zero-order chi connectivity index (χ0) is 14.0. The smallest absolute Gasteiger partial charge is 0.343 e. The highest BCUT2D eigenvalue weighted by Crippen LogP contribution is 2.20. The highest BCUT2D eigenvalue weighted by Gasteiger charge is 2.20. The number of nitrogens with zero attached hydrogens (tertiary/aromatic N) is 2. The summed E-state index contributed by atoms with van der Waals surface area (Å²) in [6.07, 6.45) is 0. The summed E-state index contributed by atoms with van der Waals surface area (Å²) in [6.45, 7) is 1.85. The van der Waals surface area contributed by atoms with Crippen molar-refractivity contribution in [1.29, 1.82) is 0 Å². The first-order chi connectivity index (χ1) is 8.99. The number of aromatic nitrogens is 2. The first-order valence-corrected chi connectivity index (χ1v) is 6.35. The lowest BCUT2D eigenvalue weighted by Crippen LogP contribution is -2.06. The van der Waals surface area contributed by atoms with Gasteiger partial charge in [-0.2, -0.15) is 5.10 Å². The Morgan fingerprint density at radius 3 is 2.74 bits per heavy atom. The zero-order valence-electron chi connectivity index (χ0n) is 10.5. The maximum Gasteiger partial charge on any atom is 0.343 e. The molecule has 2 rings (SSSR count). The molecule has 0 aliphatic rings. The molecule has 0 atom stereocenters. The molecule has 0 bridgehead atoms. The molecule has 0 saturated heterocycles. The van der Waals surface area contributed by atoms with Crippen LogP contribution in [0.1, 0.15) is 21.6 Å². The number of hydrogen-bond acceptors (Lipinski definition) is 3. The monoisotopic (exact) mass is 298 g/mol. The average Bonchev–Trinajstić information content (AvgIpc) is 2.61. The topological polar surface area (TPSA) is 44.1 Å². The van der Waals surface area contributed by atoms with Gasteiger partial charge in [-0.05, 0) is 24.6 Å². The Kier molecular flexibility index (Phi) is 4.12. The van der Waals surface area contributed by atoms with Gasteiger partial charge < -0.3 is 4.74 Å². The molecule has 1 heterocycles. The van der Waals surface area contributed by atoms with Crippen molar-refractivity contribution >= 4 is 29.2 Å². The van der Waals surface area contributed by atoms with Crippen LogP contribution in [0.3, 0.4) is 0 Å². The Morgan fingerprint density at radius 2 is 2.16 bits per heavy atom. The second-order valence-corrected chi connectivity index (χ2v) is 4.88. The largest absolute Gasteiger partial charge is 0.457 e. The number of esters is 1. The summed E-state index contributed by atoms with van der Waals surface area (Å²) in [4.78, 5) is 12.0. The fourth-order valence-electron chi connectivity index (χ4n) is 1.71. The van der Waals surface area contributed by atoms with Crippen molar-refractivity contribution in [3.8, 4) is 0 Å². The predicted octanol–water partition coefficient (Wildman–Crippen LogP) is 3.39. The van der Waals surface area contributed by atoms with Gasteiger partial charge in [0.1, 0.15) is 17.3 Å². The van der Waals surface area contributed by atoms with Crippen molar-refractivity contribution in [2.45, 2.75) is 13.5 Å². The summed E-state index contributed by atoms with van der Waals surface area (Å²) in [5, 5.41) is 4.94. The average molecular weight is 299 g/mol. The van der Waals surface area contributed by atoms with Crippen molar-refractivity contribution in [2.75, 3.05) is 0 Å². The second-order valence-electron chi connectivity index (χ2n) is 4.08. The zero-order valence-corrected chi connectivity index (χ0v) is 12.0. The molecule has 0 N–H and O–H groups in total. The summed E-state index contributed by atoms with van der Waals surface area (Å²) in [5.74, 6) is -0.490. The molecule has 100 valence electrons. The molecule has 2 aromatic rings. The van der Waals surface area contributed by atoms with E-state index in [1.165, 1.54) is 4.68 Å². The van der Waals surface area contributed by atoms with Crippen molar-refractivity contribution in [2.24, 2.45) is 7.05 Å². The Morgan fingerprint density at radius 1 is 1.42 bits per heavy atom. The molecule has 0 radical (unpaired) electrons. The maximum atomic E-state index is 12.0. The number of carbonyl (C=O) groups excluding carboxylic acids is 1. The van der Waals surface area contributed by atoms with Gasteiger partial charge in [-0.15, -0.1) is 0 Å². The number of ether oxygens (including phenoxy) is 1. The Balaban J connectivity index is 2.10. The van der Waals surface area contributed by atoms with Crippen LogP contribution in [0.2, 0.25) is 10.2 Å². The van der Waals surface area contributed by atoms with E-state index in [1.54, 1.807) is 32.2 Å². The highest BCUT2D eigenvalue weighted by atomic mass is 35.5. The number of benzene rings is 1. The van der Waals surface area contributed by atoms with E-state index in [1.807, 2.05) is 6.07 Å². The van der Waals surface area contributed by atoms with Crippen molar-refractivity contribution in [1.82, 2.24) is 9.78 Å². The standard InChI is InChI=1S/C13H12Cl2N2O2/c1-8-11(12(15)17(2)16-8)13(18)19-7-9-4-3-5-10(14)6-9/h3-6H,7H2,1-2H3. The van der Waals surface area contributed by atoms with Crippen LogP contribution in [0.5, 0.6) is 0 Å². The normalized spacial score (nSPS) is 10.5. The molecular formula is C13H12Cl2N2O2. The molecule has 0 unspecified atom stereocenters. The molecule has 19 heavy (non-hydrogen) atoms. The van der Waals surface area contributed by atoms with Crippen LogP contribution in [-0.2, 0) is 18.4 Å². The van der Waals surface area contributed by atoms with E-state index >= 15 is 0 Å². The Bertz CT molecular complexity index is 623. The van der Waals surface area contributed by atoms with E-state index < -0.39 is 5.97 Å². The number of halogens is 2. The first-order valence-electron chi connectivity index (χ1n) is 5.59. The van der Waals surface area contributed by atoms with E-state index in [0.29, 0.717) is 16.3 Å². The van der Waals surface area contributed by atoms with Crippen LogP contribution in [0.15, 0.2) is 24.3 Å². The number of hydrogen-bond donors (Lipinski definition) is 0. The number of aryl methyl sites for hydroxylation is 2. The molecular weight excluding hydrogens is 287 g/mol. The fraction of sp³-hybridized carbons (Fsp3) is 0.231. The Hall–Kier alpha value is -1.52. The van der Waals surface area contributed by atoms with Gasteiger partial charge in [0.25, 0.3) is 0 Å². The minimum Gasteiger partial charge on any atom is -0.457 e. The molecule has 0 amide bonds. The van der Waals surface area contributed by atoms with Crippen molar-refractivity contribution in [3.63, 3.8) is 0 Å². The molecule has 1 aromatic heterocycles. The minimum atomic E-state index is -0.490. The van der Waals surface area contributed by atoms with Crippen LogP contribution in [0.25, 0.3) is 0 Å². The number of carbonyl (C=O) groups is 1. The van der Waals surface area contributed by atoms with Gasteiger partial charge in [-0.25, -0.2) is 4.79 Å². The summed E-state index contributed by atoms with van der Waals surface area (Å²) in [5.41, 5.74) is 1.66. The van der Waals surface area contributed by atoms with Crippen LogP contribution in [0.4, 0.5) is 0 Å². The van der Waals surface area contributed by atoms with Gasteiger partial charge in [-0.1, -0.05) is 35.3 Å². The third-order valence-electron chi connectivity index (χ3n) is 2.62. The lowest BCUT2D eigenvalue weighted by atomic mass is 10.2. The molecule has 4 nitrogen and oxygen atoms in total. The Labute approximate surface area is 120 Å². The van der Waals surface area contributed by atoms with Gasteiger partial charge in [0.05, 0.1) is 5.69 Å². The summed E-state index contributed by atoms with van der Waals surface area (Å²) in [6, 6.07) is 7.13. The van der Waals surface area contributed by atoms with E-state index in [2.05, 4.69) is 5.10 Å². The van der Waals surface area contributed by atoms with Gasteiger partial charge in [-0.3, -0.25) is 4.68 Å². The lowest BCUT2D eigenvalue weighted by Gasteiger charge is -2.05. The molecule has 0 spiro atoms. The van der Waals surface area contributed by atoms with E-state index in [9.17, 15) is 4.79 Å². The molecule has 0 fully saturated rings. The van der Waals surface area contributed by atoms with E-state index in [0.717, 1.165) is 5.56 Å². The van der Waals surface area contributed by atoms with E-state index in [4.69, 9.17) is 27.9 Å². The van der Waals surface area contributed by atoms with Crippen molar-refractivity contribution < 1.29 is 9.53 Å². The minimum absolute atomic E-state index is 0.143. The van der Waals surface area contributed by atoms with Crippen LogP contribution < -0.4 is 0 Å². The molecule has 0 aliphatic carbocycles. The molecule has 0 aliphatic heterocycles. The fourth-order valence-corrected chi connectivity index (χ4v) is 2.17. The maximum absolute atomic E-state index is 12.0. The van der Waals surface area contributed by atoms with E-state index in [-0.39, 0.29) is 11.8 Å². The van der Waals surface area contributed by atoms with Crippen LogP contribution in [0, 0.1) is 6.92 Å². The first kappa shape index (κ1) is 13.9. The third kappa shape index (κ3) is 3.08. The number of rotatable bonds is 3. The molecule has 0 saturated carbocycles. The molecule has 1 aromatic carbocycles. The lowest BCUT2D eigenvalue weighted by molar-refractivity contribution is 0.0472. The molecule has 6 heteroatoms.